The summed E-state index contributed by atoms with van der Waals surface area (Å²) in [6.45, 7) is 7.08. The number of hydrogen-bond donors (Lipinski definition) is 1. The molecule has 4 nitrogen and oxygen atoms in total. The summed E-state index contributed by atoms with van der Waals surface area (Å²) < 4.78 is 2.30. The molecule has 0 atom stereocenters. The van der Waals surface area contributed by atoms with Crippen LogP contribution in [-0.2, 0) is 6.54 Å². The molecule has 0 unspecified atom stereocenters. The first kappa shape index (κ1) is 19.6. The van der Waals surface area contributed by atoms with Gasteiger partial charge in [-0.05, 0) is 55.7 Å². The van der Waals surface area contributed by atoms with Crippen molar-refractivity contribution in [1.82, 2.24) is 9.99 Å². The predicted molar refractivity (Wildman–Crippen MR) is 123 cm³/mol. The third kappa shape index (κ3) is 4.03. The Balaban J connectivity index is 1.56. The van der Waals surface area contributed by atoms with Crippen molar-refractivity contribution in [1.29, 1.82) is 0 Å². The molecule has 1 amide bonds. The first-order chi connectivity index (χ1) is 14.5. The number of hydrazone groups is 1. The van der Waals surface area contributed by atoms with Crippen LogP contribution in [0.3, 0.4) is 0 Å². The summed E-state index contributed by atoms with van der Waals surface area (Å²) in [4.78, 5) is 12.6. The molecule has 0 radical (unpaired) electrons. The molecule has 150 valence electrons. The fraction of sp³-hybridized carbons (Fsp3) is 0.154. The van der Waals surface area contributed by atoms with E-state index in [0.717, 1.165) is 23.0 Å². The standard InChI is InChI=1S/C26H25N3O/c1-18-9-11-21(12-10-18)16-27-28-26(30)23-13-14-25-24(15-23)19(2)20(3)29(25)17-22-7-5-4-6-8-22/h4-16H,17H2,1-3H3,(H,28,30)/b27-16+. The van der Waals surface area contributed by atoms with Gasteiger partial charge >= 0.3 is 0 Å². The van der Waals surface area contributed by atoms with Gasteiger partial charge in [0.25, 0.3) is 5.91 Å². The van der Waals surface area contributed by atoms with Gasteiger partial charge in [0.1, 0.15) is 0 Å². The number of nitrogens with one attached hydrogen (secondary N) is 1. The summed E-state index contributed by atoms with van der Waals surface area (Å²) in [5.74, 6) is -0.215. The molecule has 0 aliphatic heterocycles. The van der Waals surface area contributed by atoms with Crippen molar-refractivity contribution < 1.29 is 4.79 Å². The molecule has 1 heterocycles. The zero-order valence-electron chi connectivity index (χ0n) is 17.5. The number of amides is 1. The molecule has 0 fully saturated rings. The zero-order chi connectivity index (χ0) is 21.1. The molecule has 0 saturated carbocycles. The van der Waals surface area contributed by atoms with Crippen molar-refractivity contribution >= 4 is 23.0 Å². The maximum atomic E-state index is 12.6. The third-order valence-electron chi connectivity index (χ3n) is 5.54. The van der Waals surface area contributed by atoms with E-state index in [9.17, 15) is 4.79 Å². The minimum absolute atomic E-state index is 0.215. The highest BCUT2D eigenvalue weighted by atomic mass is 16.2. The average molecular weight is 396 g/mol. The Morgan fingerprint density at radius 2 is 1.70 bits per heavy atom. The van der Waals surface area contributed by atoms with Crippen molar-refractivity contribution in [3.8, 4) is 0 Å². The van der Waals surface area contributed by atoms with Gasteiger partial charge < -0.3 is 4.57 Å². The van der Waals surface area contributed by atoms with Gasteiger partial charge in [-0.25, -0.2) is 5.43 Å². The summed E-state index contributed by atoms with van der Waals surface area (Å²) in [6, 6.07) is 24.2. The lowest BCUT2D eigenvalue weighted by Crippen LogP contribution is -2.17. The van der Waals surface area contributed by atoms with Crippen molar-refractivity contribution in [3.05, 3.63) is 106 Å². The van der Waals surface area contributed by atoms with Crippen LogP contribution in [0.1, 0.15) is 38.3 Å². The summed E-state index contributed by atoms with van der Waals surface area (Å²) in [7, 11) is 0. The lowest BCUT2D eigenvalue weighted by molar-refractivity contribution is 0.0955. The highest BCUT2D eigenvalue weighted by Crippen LogP contribution is 2.27. The van der Waals surface area contributed by atoms with Crippen molar-refractivity contribution in [2.75, 3.05) is 0 Å². The van der Waals surface area contributed by atoms with Crippen molar-refractivity contribution in [3.63, 3.8) is 0 Å². The van der Waals surface area contributed by atoms with E-state index < -0.39 is 0 Å². The smallest absolute Gasteiger partial charge is 0.271 e. The van der Waals surface area contributed by atoms with Crippen LogP contribution >= 0.6 is 0 Å². The topological polar surface area (TPSA) is 46.4 Å². The molecule has 0 bridgehead atoms. The van der Waals surface area contributed by atoms with E-state index in [-0.39, 0.29) is 5.91 Å². The summed E-state index contributed by atoms with van der Waals surface area (Å²) in [5, 5.41) is 5.19. The molecule has 4 rings (SSSR count). The largest absolute Gasteiger partial charge is 0.340 e. The molecule has 0 spiro atoms. The van der Waals surface area contributed by atoms with Gasteiger partial charge in [0.2, 0.25) is 0 Å². The van der Waals surface area contributed by atoms with Gasteiger partial charge in [0.15, 0.2) is 0 Å². The molecule has 4 heteroatoms. The molecular weight excluding hydrogens is 370 g/mol. The number of aryl methyl sites for hydroxylation is 2. The summed E-state index contributed by atoms with van der Waals surface area (Å²) in [6.07, 6.45) is 1.65. The number of hydrogen-bond acceptors (Lipinski definition) is 2. The van der Waals surface area contributed by atoms with E-state index in [2.05, 4.69) is 53.2 Å². The molecule has 3 aromatic carbocycles. The lowest BCUT2D eigenvalue weighted by Gasteiger charge is -2.09. The number of carbonyl (C=O) groups excluding carboxylic acids is 1. The first-order valence-corrected chi connectivity index (χ1v) is 10.1. The van der Waals surface area contributed by atoms with Crippen molar-refractivity contribution in [2.24, 2.45) is 5.10 Å². The highest BCUT2D eigenvalue weighted by molar-refractivity contribution is 5.99. The third-order valence-corrected chi connectivity index (χ3v) is 5.54. The van der Waals surface area contributed by atoms with Gasteiger partial charge in [-0.15, -0.1) is 0 Å². The van der Waals surface area contributed by atoms with E-state index >= 15 is 0 Å². The fourth-order valence-electron chi connectivity index (χ4n) is 3.64. The molecule has 0 aliphatic rings. The van der Waals surface area contributed by atoms with Gasteiger partial charge in [-0.1, -0.05) is 60.2 Å². The van der Waals surface area contributed by atoms with E-state index in [1.807, 2.05) is 55.5 Å². The number of aromatic nitrogens is 1. The van der Waals surface area contributed by atoms with Gasteiger partial charge in [-0.3, -0.25) is 4.79 Å². The quantitative estimate of drug-likeness (QED) is 0.358. The number of rotatable bonds is 5. The SMILES string of the molecule is Cc1ccc(/C=N/NC(=O)c2ccc3c(c2)c(C)c(C)n3Cc2ccccc2)cc1. The molecule has 1 N–H and O–H groups in total. The van der Waals surface area contributed by atoms with Crippen LogP contribution < -0.4 is 5.43 Å². The van der Waals surface area contributed by atoms with E-state index in [1.165, 1.54) is 22.4 Å². The Labute approximate surface area is 176 Å². The molecule has 30 heavy (non-hydrogen) atoms. The average Bonchev–Trinajstić information content (AvgIpc) is 3.00. The molecule has 4 aromatic rings. The second-order valence-electron chi connectivity index (χ2n) is 7.62. The van der Waals surface area contributed by atoms with Crippen LogP contribution in [0.2, 0.25) is 0 Å². The minimum atomic E-state index is -0.215. The Kier molecular flexibility index (Phi) is 5.48. The van der Waals surface area contributed by atoms with Crippen molar-refractivity contribution in [2.45, 2.75) is 27.3 Å². The number of fused-ring (bicyclic) bond motifs is 1. The Morgan fingerprint density at radius 1 is 0.967 bits per heavy atom. The van der Waals surface area contributed by atoms with Gasteiger partial charge in [0.05, 0.1) is 6.21 Å². The molecule has 0 aliphatic carbocycles. The lowest BCUT2D eigenvalue weighted by atomic mass is 10.1. The van der Waals surface area contributed by atoms with E-state index in [0.29, 0.717) is 5.56 Å². The van der Waals surface area contributed by atoms with Crippen LogP contribution in [0, 0.1) is 20.8 Å². The maximum Gasteiger partial charge on any atom is 0.271 e. The summed E-state index contributed by atoms with van der Waals surface area (Å²) in [5.41, 5.74) is 10.2. The predicted octanol–water partition coefficient (Wildman–Crippen LogP) is 5.38. The van der Waals surface area contributed by atoms with Crippen LogP contribution in [0.5, 0.6) is 0 Å². The monoisotopic (exact) mass is 395 g/mol. The highest BCUT2D eigenvalue weighted by Gasteiger charge is 2.14. The van der Waals surface area contributed by atoms with Gasteiger partial charge in [0, 0.05) is 28.7 Å². The van der Waals surface area contributed by atoms with Crippen LogP contribution in [-0.4, -0.2) is 16.7 Å². The van der Waals surface area contributed by atoms with Crippen LogP contribution in [0.25, 0.3) is 10.9 Å². The second-order valence-corrected chi connectivity index (χ2v) is 7.62. The zero-order valence-corrected chi connectivity index (χ0v) is 17.5. The second kappa shape index (κ2) is 8.37. The Hall–Kier alpha value is -3.66. The minimum Gasteiger partial charge on any atom is -0.340 e. The fourth-order valence-corrected chi connectivity index (χ4v) is 3.64. The Morgan fingerprint density at radius 3 is 2.43 bits per heavy atom. The van der Waals surface area contributed by atoms with E-state index in [4.69, 9.17) is 0 Å². The first-order valence-electron chi connectivity index (χ1n) is 10.1. The number of carbonyl (C=O) groups is 1. The maximum absolute atomic E-state index is 12.6. The van der Waals surface area contributed by atoms with Crippen LogP contribution in [0.4, 0.5) is 0 Å². The van der Waals surface area contributed by atoms with E-state index in [1.54, 1.807) is 6.21 Å². The van der Waals surface area contributed by atoms with Crippen LogP contribution in [0.15, 0.2) is 77.9 Å². The number of benzene rings is 3. The summed E-state index contributed by atoms with van der Waals surface area (Å²) >= 11 is 0. The molecular formula is C26H25N3O. The van der Waals surface area contributed by atoms with Gasteiger partial charge in [-0.2, -0.15) is 5.10 Å². The molecule has 1 aromatic heterocycles. The number of nitrogens with zero attached hydrogens (tertiary/aromatic N) is 2. The normalized spacial score (nSPS) is 11.3. The Bertz CT molecular complexity index is 1220. The molecule has 0 saturated heterocycles.